The number of aromatic nitrogens is 2. The fourth-order valence-corrected chi connectivity index (χ4v) is 4.83. The van der Waals surface area contributed by atoms with Crippen LogP contribution in [0.5, 0.6) is 0 Å². The molecule has 0 saturated carbocycles. The van der Waals surface area contributed by atoms with Gasteiger partial charge in [-0.1, -0.05) is 54.2 Å². The molecule has 188 valence electrons. The van der Waals surface area contributed by atoms with Crippen LogP contribution in [0.3, 0.4) is 0 Å². The Morgan fingerprint density at radius 1 is 1.08 bits per heavy atom. The zero-order valence-electron chi connectivity index (χ0n) is 20.1. The van der Waals surface area contributed by atoms with Crippen molar-refractivity contribution in [3.8, 4) is 0 Å². The number of anilines is 1. The highest BCUT2D eigenvalue weighted by Gasteiger charge is 2.41. The number of benzene rings is 2. The van der Waals surface area contributed by atoms with Crippen LogP contribution in [0.4, 0.5) is 11.5 Å². The number of amides is 3. The van der Waals surface area contributed by atoms with Crippen LogP contribution < -0.4 is 10.6 Å². The summed E-state index contributed by atoms with van der Waals surface area (Å²) in [4.78, 5) is 49.0. The molecular weight excluding hydrogens is 490 g/mol. The highest BCUT2D eigenvalue weighted by molar-refractivity contribution is 8.14. The van der Waals surface area contributed by atoms with E-state index in [4.69, 9.17) is 0 Å². The molecule has 1 aromatic heterocycles. The van der Waals surface area contributed by atoms with Crippen LogP contribution in [0.2, 0.25) is 0 Å². The summed E-state index contributed by atoms with van der Waals surface area (Å²) in [5.41, 5.74) is 3.26. The Labute approximate surface area is 217 Å². The first kappa shape index (κ1) is 24.4. The maximum Gasteiger partial charge on any atom is 0.259 e. The van der Waals surface area contributed by atoms with Gasteiger partial charge in [-0.05, 0) is 31.0 Å². The summed E-state index contributed by atoms with van der Waals surface area (Å²) in [6, 6.07) is 18.1. The third-order valence-electron chi connectivity index (χ3n) is 5.83. The van der Waals surface area contributed by atoms with Gasteiger partial charge in [-0.15, -0.1) is 0 Å². The summed E-state index contributed by atoms with van der Waals surface area (Å²) >= 11 is 1.15. The molecule has 10 nitrogen and oxygen atoms in total. The average Bonchev–Trinajstić information content (AvgIpc) is 3.47. The van der Waals surface area contributed by atoms with Crippen molar-refractivity contribution in [1.29, 1.82) is 0 Å². The van der Waals surface area contributed by atoms with Crippen molar-refractivity contribution in [3.05, 3.63) is 77.5 Å². The number of rotatable bonds is 8. The van der Waals surface area contributed by atoms with E-state index in [9.17, 15) is 14.4 Å². The number of nitrogens with zero attached hydrogens (tertiary/aromatic N) is 4. The van der Waals surface area contributed by atoms with Gasteiger partial charge in [0.2, 0.25) is 11.8 Å². The number of nitrogens with one attached hydrogen (secondary N) is 3. The number of H-pyrrole nitrogens is 1. The number of para-hydroxylation sites is 1. The van der Waals surface area contributed by atoms with E-state index in [-0.39, 0.29) is 36.3 Å². The van der Waals surface area contributed by atoms with Crippen LogP contribution >= 0.6 is 11.8 Å². The normalized spacial score (nSPS) is 16.0. The fraction of sp³-hybridized carbons (Fsp3) is 0.231. The van der Waals surface area contributed by atoms with Crippen molar-refractivity contribution in [1.82, 2.24) is 20.4 Å². The number of amidine groups is 2. The second-order valence-corrected chi connectivity index (χ2v) is 9.57. The zero-order chi connectivity index (χ0) is 25.8. The molecule has 2 aliphatic rings. The number of hydrogen-bond acceptors (Lipinski definition) is 7. The van der Waals surface area contributed by atoms with E-state index in [2.05, 4.69) is 30.8 Å². The van der Waals surface area contributed by atoms with Crippen molar-refractivity contribution in [2.24, 2.45) is 9.98 Å². The number of aromatic amines is 1. The van der Waals surface area contributed by atoms with E-state index in [0.29, 0.717) is 29.1 Å². The van der Waals surface area contributed by atoms with Gasteiger partial charge in [-0.3, -0.25) is 24.5 Å². The van der Waals surface area contributed by atoms with Gasteiger partial charge in [0.15, 0.2) is 11.0 Å². The smallest absolute Gasteiger partial charge is 0.259 e. The average molecular weight is 516 g/mol. The summed E-state index contributed by atoms with van der Waals surface area (Å²) in [6.07, 6.45) is 0.444. The van der Waals surface area contributed by atoms with E-state index in [1.54, 1.807) is 6.07 Å². The van der Waals surface area contributed by atoms with Gasteiger partial charge in [0, 0.05) is 30.3 Å². The maximum atomic E-state index is 13.4. The first-order valence-electron chi connectivity index (χ1n) is 11.8. The maximum absolute atomic E-state index is 13.4. The SMILES string of the molecule is Cc1cc(NC(=O)CSC2=Nc3ccccc3C3=N[C@H](CCC(=O)NCc4ccccc4)C(=O)N23)n[nH]1. The fourth-order valence-electron chi connectivity index (χ4n) is 4.03. The number of carbonyl (C=O) groups is 3. The molecule has 11 heteroatoms. The molecule has 3 N–H and O–H groups in total. The summed E-state index contributed by atoms with van der Waals surface area (Å²) in [7, 11) is 0. The second-order valence-electron chi connectivity index (χ2n) is 8.63. The molecule has 3 aromatic rings. The first-order chi connectivity index (χ1) is 18.0. The summed E-state index contributed by atoms with van der Waals surface area (Å²) in [5, 5.41) is 12.8. The van der Waals surface area contributed by atoms with E-state index in [1.165, 1.54) is 4.90 Å². The van der Waals surface area contributed by atoms with E-state index in [1.807, 2.05) is 61.5 Å². The lowest BCUT2D eigenvalue weighted by molar-refractivity contribution is -0.125. The number of thioether (sulfide) groups is 1. The molecule has 2 aromatic carbocycles. The van der Waals surface area contributed by atoms with Crippen molar-refractivity contribution in [2.75, 3.05) is 11.1 Å². The molecule has 0 spiro atoms. The Bertz CT molecular complexity index is 1400. The number of fused-ring (bicyclic) bond motifs is 3. The van der Waals surface area contributed by atoms with E-state index >= 15 is 0 Å². The molecule has 3 amide bonds. The van der Waals surface area contributed by atoms with Crippen LogP contribution in [-0.4, -0.2) is 55.6 Å². The number of hydrogen-bond donors (Lipinski definition) is 3. The molecule has 0 aliphatic carbocycles. The van der Waals surface area contributed by atoms with Crippen molar-refractivity contribution in [3.63, 3.8) is 0 Å². The predicted octanol–water partition coefficient (Wildman–Crippen LogP) is 3.15. The topological polar surface area (TPSA) is 132 Å². The number of aryl methyl sites for hydroxylation is 1. The third kappa shape index (κ3) is 5.61. The molecule has 5 rings (SSSR count). The Morgan fingerprint density at radius 3 is 2.65 bits per heavy atom. The molecular formula is C26H25N7O3S. The van der Waals surface area contributed by atoms with Crippen LogP contribution in [0.25, 0.3) is 0 Å². The minimum Gasteiger partial charge on any atom is -0.352 e. The summed E-state index contributed by atoms with van der Waals surface area (Å²) in [5.74, 6) is 0.303. The minimum absolute atomic E-state index is 0.0382. The molecule has 0 bridgehead atoms. The van der Waals surface area contributed by atoms with Gasteiger partial charge in [0.25, 0.3) is 5.91 Å². The number of aliphatic imine (C=N–C) groups is 2. The molecule has 0 radical (unpaired) electrons. The molecule has 2 aliphatic heterocycles. The lowest BCUT2D eigenvalue weighted by Crippen LogP contribution is -2.41. The second kappa shape index (κ2) is 10.8. The Balaban J connectivity index is 1.24. The Morgan fingerprint density at radius 2 is 1.86 bits per heavy atom. The molecule has 0 saturated heterocycles. The monoisotopic (exact) mass is 515 g/mol. The van der Waals surface area contributed by atoms with Gasteiger partial charge in [-0.2, -0.15) is 5.10 Å². The van der Waals surface area contributed by atoms with Gasteiger partial charge < -0.3 is 10.6 Å². The Kier molecular flexibility index (Phi) is 7.13. The van der Waals surface area contributed by atoms with Gasteiger partial charge in [-0.25, -0.2) is 9.89 Å². The summed E-state index contributed by atoms with van der Waals surface area (Å²) in [6.45, 7) is 2.27. The van der Waals surface area contributed by atoms with Gasteiger partial charge in [0.1, 0.15) is 11.9 Å². The van der Waals surface area contributed by atoms with Gasteiger partial charge in [0.05, 0.1) is 11.4 Å². The molecule has 1 atom stereocenters. The first-order valence-corrected chi connectivity index (χ1v) is 12.8. The standard InChI is InChI=1S/C26H25N7O3S/c1-16-13-21(32-31-16)30-23(35)15-37-26-29-19-10-6-5-9-18(19)24-28-20(25(36)33(24)26)11-12-22(34)27-14-17-7-3-2-4-8-17/h2-10,13,20H,11-12,14-15H2,1H3,(H,27,34)(H2,30,31,32,35)/t20-/m1/s1. The predicted molar refractivity (Wildman–Crippen MR) is 143 cm³/mol. The Hall–Kier alpha value is -4.25. The quantitative estimate of drug-likeness (QED) is 0.424. The largest absolute Gasteiger partial charge is 0.352 e. The van der Waals surface area contributed by atoms with Crippen molar-refractivity contribution >= 4 is 52.0 Å². The molecule has 3 heterocycles. The lowest BCUT2D eigenvalue weighted by atomic mass is 10.1. The lowest BCUT2D eigenvalue weighted by Gasteiger charge is -2.25. The molecule has 0 fully saturated rings. The van der Waals surface area contributed by atoms with Crippen LogP contribution in [0.15, 0.2) is 70.6 Å². The van der Waals surface area contributed by atoms with Crippen molar-refractivity contribution < 1.29 is 14.4 Å². The highest BCUT2D eigenvalue weighted by atomic mass is 32.2. The van der Waals surface area contributed by atoms with E-state index in [0.717, 1.165) is 28.6 Å². The molecule has 0 unspecified atom stereocenters. The highest BCUT2D eigenvalue weighted by Crippen LogP contribution is 2.34. The third-order valence-corrected chi connectivity index (χ3v) is 6.77. The van der Waals surface area contributed by atoms with E-state index < -0.39 is 6.04 Å². The van der Waals surface area contributed by atoms with Gasteiger partial charge >= 0.3 is 0 Å². The van der Waals surface area contributed by atoms with Crippen molar-refractivity contribution in [2.45, 2.75) is 32.4 Å². The summed E-state index contributed by atoms with van der Waals surface area (Å²) < 4.78 is 0. The van der Waals surface area contributed by atoms with Crippen LogP contribution in [0, 0.1) is 6.92 Å². The van der Waals surface area contributed by atoms with Crippen LogP contribution in [-0.2, 0) is 20.9 Å². The van der Waals surface area contributed by atoms with Crippen LogP contribution in [0.1, 0.15) is 29.7 Å². The zero-order valence-corrected chi connectivity index (χ0v) is 20.9. The minimum atomic E-state index is -0.699. The molecule has 37 heavy (non-hydrogen) atoms. The number of carbonyl (C=O) groups excluding carboxylic acids is 3.